The lowest BCUT2D eigenvalue weighted by atomic mass is 9.84. The van der Waals surface area contributed by atoms with Crippen molar-refractivity contribution >= 4 is 0 Å². The summed E-state index contributed by atoms with van der Waals surface area (Å²) < 4.78 is 0. The molecule has 0 amide bonds. The number of hydrogen-bond acceptors (Lipinski definition) is 0. The van der Waals surface area contributed by atoms with Crippen molar-refractivity contribution in [2.45, 2.75) is 71.6 Å². The Morgan fingerprint density at radius 2 is 1.54 bits per heavy atom. The summed E-state index contributed by atoms with van der Waals surface area (Å²) in [6.07, 6.45) is 13.3. The van der Waals surface area contributed by atoms with Crippen LogP contribution in [0.25, 0.3) is 0 Å². The second-order valence-corrected chi connectivity index (χ2v) is 4.87. The van der Waals surface area contributed by atoms with Gasteiger partial charge in [0.15, 0.2) is 0 Å². The van der Waals surface area contributed by atoms with Gasteiger partial charge < -0.3 is 0 Å². The molecule has 1 rings (SSSR count). The topological polar surface area (TPSA) is 0 Å². The second-order valence-electron chi connectivity index (χ2n) is 4.87. The van der Waals surface area contributed by atoms with Crippen LogP contribution in [-0.4, -0.2) is 0 Å². The lowest BCUT2D eigenvalue weighted by Gasteiger charge is -2.22. The highest BCUT2D eigenvalue weighted by atomic mass is 14.2. The van der Waals surface area contributed by atoms with Crippen LogP contribution in [0.5, 0.6) is 0 Å². The Balaban J connectivity index is 2.35. The Bertz CT molecular complexity index is 117. The Morgan fingerprint density at radius 3 is 2.23 bits per heavy atom. The van der Waals surface area contributed by atoms with Crippen molar-refractivity contribution in [3.63, 3.8) is 0 Å². The van der Waals surface area contributed by atoms with Crippen LogP contribution in [0.4, 0.5) is 0 Å². The van der Waals surface area contributed by atoms with Crippen LogP contribution in [0.3, 0.4) is 0 Å². The molecule has 1 saturated carbocycles. The van der Waals surface area contributed by atoms with E-state index < -0.39 is 0 Å². The fraction of sp³-hybridized carbons (Fsp3) is 1.00. The van der Waals surface area contributed by atoms with Gasteiger partial charge in [-0.15, -0.1) is 0 Å². The van der Waals surface area contributed by atoms with Crippen molar-refractivity contribution in [1.82, 2.24) is 0 Å². The van der Waals surface area contributed by atoms with Crippen molar-refractivity contribution < 1.29 is 0 Å². The van der Waals surface area contributed by atoms with Gasteiger partial charge in [-0.1, -0.05) is 71.6 Å². The average Bonchev–Trinajstić information content (AvgIpc) is 2.21. The zero-order valence-electron chi connectivity index (χ0n) is 9.52. The Labute approximate surface area is 84.1 Å². The van der Waals surface area contributed by atoms with Gasteiger partial charge >= 0.3 is 0 Å². The van der Waals surface area contributed by atoms with Crippen LogP contribution < -0.4 is 0 Å². The van der Waals surface area contributed by atoms with E-state index in [1.54, 1.807) is 0 Å². The van der Waals surface area contributed by atoms with Gasteiger partial charge in [0.1, 0.15) is 0 Å². The van der Waals surface area contributed by atoms with Gasteiger partial charge in [0.25, 0.3) is 0 Å². The summed E-state index contributed by atoms with van der Waals surface area (Å²) >= 11 is 0. The van der Waals surface area contributed by atoms with Crippen molar-refractivity contribution in [3.05, 3.63) is 0 Å². The third kappa shape index (κ3) is 4.15. The predicted molar refractivity (Wildman–Crippen MR) is 59.9 cm³/mol. The first-order valence-corrected chi connectivity index (χ1v) is 6.34. The first kappa shape index (κ1) is 11.1. The van der Waals surface area contributed by atoms with Crippen molar-refractivity contribution in [2.24, 2.45) is 11.8 Å². The van der Waals surface area contributed by atoms with Crippen molar-refractivity contribution in [2.75, 3.05) is 0 Å². The maximum absolute atomic E-state index is 2.48. The van der Waals surface area contributed by atoms with Gasteiger partial charge in [0.05, 0.1) is 0 Å². The lowest BCUT2D eigenvalue weighted by molar-refractivity contribution is 0.292. The molecule has 2 unspecified atom stereocenters. The molecule has 0 heteroatoms. The summed E-state index contributed by atoms with van der Waals surface area (Å²) in [5.74, 6) is 2.04. The minimum atomic E-state index is 0.998. The average molecular weight is 182 g/mol. The van der Waals surface area contributed by atoms with Crippen LogP contribution in [0.1, 0.15) is 71.6 Å². The van der Waals surface area contributed by atoms with Crippen LogP contribution >= 0.6 is 0 Å². The number of hydrogen-bond donors (Lipinski definition) is 0. The highest BCUT2D eigenvalue weighted by Crippen LogP contribution is 2.29. The smallest absolute Gasteiger partial charge is 0.0389 e. The van der Waals surface area contributed by atoms with E-state index in [1.165, 1.54) is 57.8 Å². The molecule has 1 aliphatic carbocycles. The van der Waals surface area contributed by atoms with Crippen molar-refractivity contribution in [3.8, 4) is 0 Å². The summed E-state index contributed by atoms with van der Waals surface area (Å²) in [5.41, 5.74) is 0. The Kier molecular flexibility index (Phi) is 5.50. The van der Waals surface area contributed by atoms with Gasteiger partial charge in [-0.3, -0.25) is 0 Å². The first-order chi connectivity index (χ1) is 6.34. The van der Waals surface area contributed by atoms with Gasteiger partial charge in [0.2, 0.25) is 0 Å². The third-order valence-electron chi connectivity index (χ3n) is 3.70. The molecule has 0 saturated heterocycles. The molecular weight excluding hydrogens is 156 g/mol. The molecule has 13 heavy (non-hydrogen) atoms. The molecule has 0 heterocycles. The van der Waals surface area contributed by atoms with E-state index in [-0.39, 0.29) is 0 Å². The molecule has 1 fully saturated rings. The predicted octanol–water partition coefficient (Wildman–Crippen LogP) is 4.78. The quantitative estimate of drug-likeness (QED) is 0.576. The van der Waals surface area contributed by atoms with E-state index in [0.29, 0.717) is 0 Å². The van der Waals surface area contributed by atoms with E-state index in [9.17, 15) is 0 Å². The summed E-state index contributed by atoms with van der Waals surface area (Å²) in [7, 11) is 0. The van der Waals surface area contributed by atoms with Gasteiger partial charge in [-0.2, -0.15) is 0 Å². The maximum atomic E-state index is 2.48. The highest BCUT2D eigenvalue weighted by Gasteiger charge is 2.16. The van der Waals surface area contributed by atoms with Crippen molar-refractivity contribution in [1.29, 1.82) is 0 Å². The minimum Gasteiger partial charge on any atom is -0.0654 e. The maximum Gasteiger partial charge on any atom is -0.0389 e. The molecule has 0 nitrogen and oxygen atoms in total. The molecule has 0 N–H and O–H groups in total. The fourth-order valence-corrected chi connectivity index (χ4v) is 2.72. The first-order valence-electron chi connectivity index (χ1n) is 6.34. The van der Waals surface area contributed by atoms with Gasteiger partial charge in [-0.25, -0.2) is 0 Å². The van der Waals surface area contributed by atoms with E-state index in [1.807, 2.05) is 0 Å². The molecular formula is C13H26. The zero-order chi connectivity index (χ0) is 9.52. The molecule has 78 valence electrons. The Hall–Kier alpha value is 0. The minimum absolute atomic E-state index is 0.998. The standard InChI is InChI=1S/C13H26/c1-3-9-13-11-8-6-4-5-7-10-12(13)2/h12-13H,3-11H2,1-2H3. The van der Waals surface area contributed by atoms with E-state index in [2.05, 4.69) is 13.8 Å². The second kappa shape index (κ2) is 6.45. The summed E-state index contributed by atoms with van der Waals surface area (Å²) in [5, 5.41) is 0. The normalized spacial score (nSPS) is 31.8. The summed E-state index contributed by atoms with van der Waals surface area (Å²) in [6, 6.07) is 0. The molecule has 0 radical (unpaired) electrons. The SMILES string of the molecule is CCCC1CCCCCCCC1C. The Morgan fingerprint density at radius 1 is 0.923 bits per heavy atom. The molecule has 0 aromatic heterocycles. The molecule has 0 bridgehead atoms. The summed E-state index contributed by atoms with van der Waals surface area (Å²) in [6.45, 7) is 4.81. The largest absolute Gasteiger partial charge is 0.0654 e. The van der Waals surface area contributed by atoms with Gasteiger partial charge in [-0.05, 0) is 11.8 Å². The molecule has 2 atom stereocenters. The fourth-order valence-electron chi connectivity index (χ4n) is 2.72. The van der Waals surface area contributed by atoms with Crippen LogP contribution in [0.15, 0.2) is 0 Å². The van der Waals surface area contributed by atoms with Crippen LogP contribution in [0, 0.1) is 11.8 Å². The van der Waals surface area contributed by atoms with E-state index in [0.717, 1.165) is 11.8 Å². The lowest BCUT2D eigenvalue weighted by Crippen LogP contribution is -2.11. The molecule has 1 aliphatic rings. The van der Waals surface area contributed by atoms with Gasteiger partial charge in [0, 0.05) is 0 Å². The number of rotatable bonds is 2. The van der Waals surface area contributed by atoms with E-state index in [4.69, 9.17) is 0 Å². The third-order valence-corrected chi connectivity index (χ3v) is 3.70. The monoisotopic (exact) mass is 182 g/mol. The molecule has 0 aromatic rings. The van der Waals surface area contributed by atoms with Crippen LogP contribution in [-0.2, 0) is 0 Å². The summed E-state index contributed by atoms with van der Waals surface area (Å²) in [4.78, 5) is 0. The molecule has 0 aliphatic heterocycles. The zero-order valence-corrected chi connectivity index (χ0v) is 9.52. The molecule has 0 spiro atoms. The van der Waals surface area contributed by atoms with E-state index >= 15 is 0 Å². The molecule has 0 aromatic carbocycles. The van der Waals surface area contributed by atoms with Crippen LogP contribution in [0.2, 0.25) is 0 Å². The highest BCUT2D eigenvalue weighted by molar-refractivity contribution is 4.68.